The van der Waals surface area contributed by atoms with Gasteiger partial charge in [0.05, 0.1) is 5.92 Å². The van der Waals surface area contributed by atoms with Crippen molar-refractivity contribution in [3.05, 3.63) is 59.7 Å². The molecule has 3 N–H and O–H groups in total. The number of carbonyl (C=O) groups is 2. The quantitative estimate of drug-likeness (QED) is 0.857. The molecule has 146 valence electrons. The lowest BCUT2D eigenvalue weighted by Gasteiger charge is -2.32. The summed E-state index contributed by atoms with van der Waals surface area (Å²) in [6.45, 7) is 1.66. The van der Waals surface area contributed by atoms with E-state index in [0.717, 1.165) is 56.6 Å². The van der Waals surface area contributed by atoms with E-state index in [9.17, 15) is 9.59 Å². The topological polar surface area (TPSA) is 75.4 Å². The molecule has 1 aliphatic carbocycles. The number of primary amides is 1. The summed E-state index contributed by atoms with van der Waals surface area (Å²) >= 11 is 0. The average Bonchev–Trinajstić information content (AvgIpc) is 2.74. The highest BCUT2D eigenvalue weighted by molar-refractivity contribution is 5.96. The number of aryl methyl sites for hydroxylation is 1. The molecule has 0 spiro atoms. The predicted molar refractivity (Wildman–Crippen MR) is 111 cm³/mol. The maximum absolute atomic E-state index is 12.9. The Labute approximate surface area is 165 Å². The Morgan fingerprint density at radius 1 is 0.964 bits per heavy atom. The van der Waals surface area contributed by atoms with Crippen molar-refractivity contribution in [2.24, 2.45) is 11.7 Å². The molecule has 5 nitrogen and oxygen atoms in total. The number of nitrogens with zero attached hydrogens (tertiary/aromatic N) is 1. The van der Waals surface area contributed by atoms with Gasteiger partial charge in [0.25, 0.3) is 0 Å². The minimum absolute atomic E-state index is 0.00631. The molecule has 0 aromatic heterocycles. The van der Waals surface area contributed by atoms with Gasteiger partial charge in [0.15, 0.2) is 0 Å². The van der Waals surface area contributed by atoms with Gasteiger partial charge in [-0.2, -0.15) is 0 Å². The number of anilines is 2. The van der Waals surface area contributed by atoms with Crippen LogP contribution < -0.4 is 16.0 Å². The first-order chi connectivity index (χ1) is 13.6. The van der Waals surface area contributed by atoms with Crippen LogP contribution in [0.3, 0.4) is 0 Å². The van der Waals surface area contributed by atoms with Gasteiger partial charge in [-0.25, -0.2) is 0 Å². The predicted octanol–water partition coefficient (Wildman–Crippen LogP) is 3.45. The molecule has 2 amide bonds. The zero-order valence-electron chi connectivity index (χ0n) is 16.1. The van der Waals surface area contributed by atoms with E-state index in [2.05, 4.69) is 22.3 Å². The molecule has 2 aromatic carbocycles. The largest absolute Gasteiger partial charge is 0.371 e. The lowest BCUT2D eigenvalue weighted by Crippen LogP contribution is -2.38. The third-order valence-corrected chi connectivity index (χ3v) is 6.08. The van der Waals surface area contributed by atoms with Gasteiger partial charge in [0.2, 0.25) is 11.8 Å². The number of hydrogen-bond acceptors (Lipinski definition) is 3. The molecule has 1 saturated heterocycles. The summed E-state index contributed by atoms with van der Waals surface area (Å²) in [6.07, 6.45) is 4.61. The Hall–Kier alpha value is -2.82. The number of rotatable bonds is 4. The molecule has 28 heavy (non-hydrogen) atoms. The highest BCUT2D eigenvalue weighted by Crippen LogP contribution is 2.32. The third-order valence-electron chi connectivity index (χ3n) is 6.08. The fraction of sp³-hybridized carbons (Fsp3) is 0.391. The number of amides is 2. The van der Waals surface area contributed by atoms with Crippen molar-refractivity contribution in [3.8, 4) is 0 Å². The molecular weight excluding hydrogens is 350 g/mol. The number of carbonyl (C=O) groups excluding carboxylic acids is 2. The van der Waals surface area contributed by atoms with Crippen LogP contribution in [0, 0.1) is 5.92 Å². The van der Waals surface area contributed by atoms with E-state index in [-0.39, 0.29) is 23.7 Å². The molecule has 0 radical (unpaired) electrons. The summed E-state index contributed by atoms with van der Waals surface area (Å²) in [5.74, 6) is -0.199. The molecule has 1 atom stereocenters. The SMILES string of the molecule is NC(=O)C1CCN(c2ccc(NC(=O)[C@@H]3CCCc4ccccc43)cc2)CC1. The lowest BCUT2D eigenvalue weighted by molar-refractivity contribution is -0.122. The number of hydrogen-bond donors (Lipinski definition) is 2. The summed E-state index contributed by atoms with van der Waals surface area (Å²) in [6, 6.07) is 16.3. The van der Waals surface area contributed by atoms with E-state index in [4.69, 9.17) is 5.73 Å². The maximum atomic E-state index is 12.9. The van der Waals surface area contributed by atoms with Crippen LogP contribution in [-0.2, 0) is 16.0 Å². The van der Waals surface area contributed by atoms with Gasteiger partial charge in [0, 0.05) is 30.4 Å². The van der Waals surface area contributed by atoms with E-state index >= 15 is 0 Å². The molecule has 1 fully saturated rings. The summed E-state index contributed by atoms with van der Waals surface area (Å²) in [5, 5.41) is 3.09. The molecule has 0 saturated carbocycles. The molecule has 0 bridgehead atoms. The van der Waals surface area contributed by atoms with Gasteiger partial charge >= 0.3 is 0 Å². The minimum atomic E-state index is -0.193. The number of piperidine rings is 1. The van der Waals surface area contributed by atoms with Crippen LogP contribution in [0.4, 0.5) is 11.4 Å². The zero-order chi connectivity index (χ0) is 19.5. The lowest BCUT2D eigenvalue weighted by atomic mass is 9.82. The summed E-state index contributed by atoms with van der Waals surface area (Å²) in [4.78, 5) is 26.4. The van der Waals surface area contributed by atoms with Gasteiger partial charge in [-0.15, -0.1) is 0 Å². The van der Waals surface area contributed by atoms with Crippen LogP contribution >= 0.6 is 0 Å². The average molecular weight is 377 g/mol. The monoisotopic (exact) mass is 377 g/mol. The van der Waals surface area contributed by atoms with Crippen molar-refractivity contribution < 1.29 is 9.59 Å². The van der Waals surface area contributed by atoms with Gasteiger partial charge in [0.1, 0.15) is 0 Å². The summed E-state index contributed by atoms with van der Waals surface area (Å²) in [5.41, 5.74) is 9.81. The number of benzene rings is 2. The maximum Gasteiger partial charge on any atom is 0.231 e. The van der Waals surface area contributed by atoms with Crippen molar-refractivity contribution >= 4 is 23.2 Å². The van der Waals surface area contributed by atoms with Crippen molar-refractivity contribution in [2.45, 2.75) is 38.0 Å². The highest BCUT2D eigenvalue weighted by Gasteiger charge is 2.26. The van der Waals surface area contributed by atoms with Gasteiger partial charge in [-0.1, -0.05) is 24.3 Å². The zero-order valence-corrected chi connectivity index (χ0v) is 16.1. The van der Waals surface area contributed by atoms with Crippen molar-refractivity contribution in [1.82, 2.24) is 0 Å². The normalized spacial score (nSPS) is 19.7. The molecule has 1 aliphatic heterocycles. The summed E-state index contributed by atoms with van der Waals surface area (Å²) in [7, 11) is 0. The number of fused-ring (bicyclic) bond motifs is 1. The standard InChI is InChI=1S/C23H27N3O2/c24-22(27)17-12-14-26(15-13-17)19-10-8-18(9-11-19)25-23(28)21-7-3-5-16-4-1-2-6-20(16)21/h1-2,4,6,8-11,17,21H,3,5,7,12-15H2,(H2,24,27)(H,25,28)/t21-/m1/s1. The van der Waals surface area contributed by atoms with Gasteiger partial charge in [-0.05, 0) is 67.5 Å². The van der Waals surface area contributed by atoms with E-state index < -0.39 is 0 Å². The van der Waals surface area contributed by atoms with Crippen LogP contribution in [0.25, 0.3) is 0 Å². The molecule has 0 unspecified atom stereocenters. The molecular formula is C23H27N3O2. The molecule has 2 aromatic rings. The molecule has 4 rings (SSSR count). The van der Waals surface area contributed by atoms with Gasteiger partial charge in [-0.3, -0.25) is 9.59 Å². The fourth-order valence-electron chi connectivity index (χ4n) is 4.43. The second-order valence-corrected chi connectivity index (χ2v) is 7.84. The smallest absolute Gasteiger partial charge is 0.231 e. The van der Waals surface area contributed by atoms with Crippen molar-refractivity contribution in [1.29, 1.82) is 0 Å². The van der Waals surface area contributed by atoms with Crippen LogP contribution in [0.15, 0.2) is 48.5 Å². The van der Waals surface area contributed by atoms with E-state index in [1.165, 1.54) is 11.1 Å². The highest BCUT2D eigenvalue weighted by atomic mass is 16.2. The Morgan fingerprint density at radius 2 is 1.68 bits per heavy atom. The van der Waals surface area contributed by atoms with Gasteiger partial charge < -0.3 is 16.0 Å². The van der Waals surface area contributed by atoms with Crippen LogP contribution in [-0.4, -0.2) is 24.9 Å². The Morgan fingerprint density at radius 3 is 2.39 bits per heavy atom. The van der Waals surface area contributed by atoms with Crippen LogP contribution in [0.5, 0.6) is 0 Å². The Kier molecular flexibility index (Phi) is 5.33. The fourth-order valence-corrected chi connectivity index (χ4v) is 4.43. The number of nitrogens with one attached hydrogen (secondary N) is 1. The van der Waals surface area contributed by atoms with E-state index in [1.54, 1.807) is 0 Å². The van der Waals surface area contributed by atoms with Crippen LogP contribution in [0.2, 0.25) is 0 Å². The second kappa shape index (κ2) is 8.05. The first kappa shape index (κ1) is 18.5. The molecule has 5 heteroatoms. The van der Waals surface area contributed by atoms with E-state index in [1.807, 2.05) is 36.4 Å². The first-order valence-electron chi connectivity index (χ1n) is 10.1. The molecule has 2 aliphatic rings. The minimum Gasteiger partial charge on any atom is -0.371 e. The Balaban J connectivity index is 1.39. The number of nitrogens with two attached hydrogens (primary N) is 1. The molecule has 1 heterocycles. The van der Waals surface area contributed by atoms with Crippen molar-refractivity contribution in [3.63, 3.8) is 0 Å². The Bertz CT molecular complexity index is 854. The third kappa shape index (κ3) is 3.88. The second-order valence-electron chi connectivity index (χ2n) is 7.84. The summed E-state index contributed by atoms with van der Waals surface area (Å²) < 4.78 is 0. The van der Waals surface area contributed by atoms with E-state index in [0.29, 0.717) is 0 Å². The van der Waals surface area contributed by atoms with Crippen molar-refractivity contribution in [2.75, 3.05) is 23.3 Å². The first-order valence-corrected chi connectivity index (χ1v) is 10.1. The van der Waals surface area contributed by atoms with Crippen LogP contribution in [0.1, 0.15) is 42.7 Å².